The fraction of sp³-hybridized carbons (Fsp3) is 0.286. The fourth-order valence-electron chi connectivity index (χ4n) is 3.52. The lowest BCUT2D eigenvalue weighted by molar-refractivity contribution is -0.268. The van der Waals surface area contributed by atoms with Crippen molar-refractivity contribution < 1.29 is 54.7 Å². The molecule has 12 nitrogen and oxygen atoms in total. The number of phenols is 4. The number of aliphatic hydroxyl groups excluding tert-OH is 3. The average Bonchev–Trinajstić information content (AvgIpc) is 2.75. The van der Waals surface area contributed by atoms with Gasteiger partial charge in [0.05, 0.1) is 6.10 Å². The molecule has 0 aliphatic carbocycles. The molecule has 176 valence electrons. The van der Waals surface area contributed by atoms with Crippen molar-refractivity contribution >= 4 is 11.0 Å². The van der Waals surface area contributed by atoms with Crippen molar-refractivity contribution in [2.75, 3.05) is 0 Å². The number of fused-ring (bicyclic) bond motifs is 1. The van der Waals surface area contributed by atoms with Crippen molar-refractivity contribution in [3.63, 3.8) is 0 Å². The summed E-state index contributed by atoms with van der Waals surface area (Å²) in [6, 6.07) is 3.89. The van der Waals surface area contributed by atoms with Gasteiger partial charge in [0.1, 0.15) is 40.8 Å². The van der Waals surface area contributed by atoms with Gasteiger partial charge in [-0.05, 0) is 19.1 Å². The molecule has 3 aromatic rings. The summed E-state index contributed by atoms with van der Waals surface area (Å²) in [5.74, 6) is -4.52. The molecule has 1 aromatic heterocycles. The molecule has 0 amide bonds. The van der Waals surface area contributed by atoms with Crippen LogP contribution in [0.15, 0.2) is 33.5 Å². The van der Waals surface area contributed by atoms with Gasteiger partial charge in [-0.1, -0.05) is 0 Å². The SMILES string of the molecule is CC1OC(Oc2cc(-c3oc4cc(O)cc(O)c4c(=O)c3O)cc(O)c2O)C(O)C(O)C1O. The van der Waals surface area contributed by atoms with Crippen LogP contribution in [-0.4, -0.2) is 71.6 Å². The van der Waals surface area contributed by atoms with E-state index >= 15 is 0 Å². The highest BCUT2D eigenvalue weighted by atomic mass is 16.7. The number of aromatic hydroxyl groups is 5. The van der Waals surface area contributed by atoms with E-state index in [1.165, 1.54) is 6.92 Å². The van der Waals surface area contributed by atoms with Gasteiger partial charge in [-0.3, -0.25) is 4.79 Å². The fourth-order valence-corrected chi connectivity index (χ4v) is 3.52. The van der Waals surface area contributed by atoms with Crippen LogP contribution in [0.1, 0.15) is 6.92 Å². The Morgan fingerprint density at radius 1 is 0.848 bits per heavy atom. The Balaban J connectivity index is 1.81. The second-order valence-electron chi connectivity index (χ2n) is 7.59. The Bertz CT molecular complexity index is 1280. The van der Waals surface area contributed by atoms with E-state index in [4.69, 9.17) is 13.9 Å². The quantitative estimate of drug-likeness (QED) is 0.244. The molecule has 2 heterocycles. The molecule has 33 heavy (non-hydrogen) atoms. The summed E-state index contributed by atoms with van der Waals surface area (Å²) in [5, 5.41) is 79.7. The van der Waals surface area contributed by atoms with E-state index in [2.05, 4.69) is 0 Å². The minimum atomic E-state index is -1.72. The second-order valence-corrected chi connectivity index (χ2v) is 7.59. The smallest absolute Gasteiger partial charge is 0.238 e. The maximum Gasteiger partial charge on any atom is 0.238 e. The van der Waals surface area contributed by atoms with E-state index in [-0.39, 0.29) is 11.1 Å². The van der Waals surface area contributed by atoms with Crippen LogP contribution in [0.4, 0.5) is 0 Å². The summed E-state index contributed by atoms with van der Waals surface area (Å²) < 4.78 is 16.1. The molecule has 8 N–H and O–H groups in total. The third-order valence-electron chi connectivity index (χ3n) is 5.30. The Labute approximate surface area is 184 Å². The summed E-state index contributed by atoms with van der Waals surface area (Å²) in [6.07, 6.45) is -7.26. The lowest BCUT2D eigenvalue weighted by atomic mass is 10.00. The van der Waals surface area contributed by atoms with E-state index in [1.54, 1.807) is 0 Å². The van der Waals surface area contributed by atoms with Crippen molar-refractivity contribution in [1.82, 2.24) is 0 Å². The number of ether oxygens (including phenoxy) is 2. The van der Waals surface area contributed by atoms with Gasteiger partial charge in [-0.2, -0.15) is 0 Å². The molecule has 0 saturated carbocycles. The van der Waals surface area contributed by atoms with Crippen LogP contribution in [0.2, 0.25) is 0 Å². The van der Waals surface area contributed by atoms with Crippen molar-refractivity contribution in [3.05, 3.63) is 34.5 Å². The summed E-state index contributed by atoms with van der Waals surface area (Å²) >= 11 is 0. The van der Waals surface area contributed by atoms with Gasteiger partial charge >= 0.3 is 0 Å². The molecule has 4 rings (SSSR count). The lowest BCUT2D eigenvalue weighted by Crippen LogP contribution is -2.58. The molecule has 0 bridgehead atoms. The lowest BCUT2D eigenvalue weighted by Gasteiger charge is -2.38. The Morgan fingerprint density at radius 2 is 1.55 bits per heavy atom. The number of hydrogen-bond donors (Lipinski definition) is 8. The number of hydrogen-bond acceptors (Lipinski definition) is 12. The zero-order chi connectivity index (χ0) is 24.2. The monoisotopic (exact) mass is 464 g/mol. The van der Waals surface area contributed by atoms with Gasteiger partial charge in [0, 0.05) is 17.7 Å². The summed E-state index contributed by atoms with van der Waals surface area (Å²) in [7, 11) is 0. The predicted molar refractivity (Wildman–Crippen MR) is 109 cm³/mol. The van der Waals surface area contributed by atoms with Crippen molar-refractivity contribution in [2.24, 2.45) is 0 Å². The zero-order valence-corrected chi connectivity index (χ0v) is 16.9. The largest absolute Gasteiger partial charge is 0.508 e. The average molecular weight is 464 g/mol. The molecule has 1 fully saturated rings. The molecule has 1 saturated heterocycles. The molecule has 0 spiro atoms. The van der Waals surface area contributed by atoms with Gasteiger partial charge in [-0.25, -0.2) is 0 Å². The van der Waals surface area contributed by atoms with Gasteiger partial charge in [-0.15, -0.1) is 0 Å². The number of phenolic OH excluding ortho intramolecular Hbond substituents is 4. The van der Waals surface area contributed by atoms with Gasteiger partial charge in [0.2, 0.25) is 23.2 Å². The molecule has 0 radical (unpaired) electrons. The van der Waals surface area contributed by atoms with Crippen LogP contribution < -0.4 is 10.2 Å². The highest BCUT2D eigenvalue weighted by molar-refractivity contribution is 5.88. The van der Waals surface area contributed by atoms with Crippen LogP contribution in [0, 0.1) is 0 Å². The number of rotatable bonds is 3. The van der Waals surface area contributed by atoms with Crippen LogP contribution in [0.25, 0.3) is 22.3 Å². The highest BCUT2D eigenvalue weighted by Gasteiger charge is 2.43. The van der Waals surface area contributed by atoms with Crippen molar-refractivity contribution in [1.29, 1.82) is 0 Å². The van der Waals surface area contributed by atoms with Crippen LogP contribution in [0.3, 0.4) is 0 Å². The van der Waals surface area contributed by atoms with Gasteiger partial charge < -0.3 is 54.7 Å². The summed E-state index contributed by atoms with van der Waals surface area (Å²) in [4.78, 5) is 12.6. The first-order valence-electron chi connectivity index (χ1n) is 9.64. The van der Waals surface area contributed by atoms with E-state index in [0.717, 1.165) is 24.3 Å². The van der Waals surface area contributed by atoms with Crippen LogP contribution in [0.5, 0.6) is 34.5 Å². The van der Waals surface area contributed by atoms with E-state index in [9.17, 15) is 45.6 Å². The Morgan fingerprint density at radius 3 is 2.24 bits per heavy atom. The predicted octanol–water partition coefficient (Wildman–Crippen LogP) is 0.194. The Hall–Kier alpha value is -3.71. The van der Waals surface area contributed by atoms with E-state index < -0.39 is 81.8 Å². The number of aliphatic hydroxyl groups is 3. The molecule has 1 aliphatic heterocycles. The number of benzene rings is 2. The van der Waals surface area contributed by atoms with Gasteiger partial charge in [0.15, 0.2) is 17.3 Å². The molecular formula is C21H20O12. The molecule has 12 heteroatoms. The maximum atomic E-state index is 12.6. The highest BCUT2D eigenvalue weighted by Crippen LogP contribution is 2.43. The minimum absolute atomic E-state index is 0.168. The van der Waals surface area contributed by atoms with Crippen LogP contribution in [-0.2, 0) is 4.74 Å². The van der Waals surface area contributed by atoms with Crippen molar-refractivity contribution in [3.8, 4) is 45.8 Å². The van der Waals surface area contributed by atoms with E-state index in [1.807, 2.05) is 0 Å². The second kappa shape index (κ2) is 8.01. The third-order valence-corrected chi connectivity index (χ3v) is 5.30. The molecule has 2 aromatic carbocycles. The first kappa shape index (κ1) is 22.5. The zero-order valence-electron chi connectivity index (χ0n) is 16.9. The normalized spacial score (nSPS) is 25.3. The minimum Gasteiger partial charge on any atom is -0.508 e. The van der Waals surface area contributed by atoms with E-state index in [0.29, 0.717) is 0 Å². The standard InChI is InChI=1S/C21H20O12/c1-6-14(25)17(28)19(30)21(31-6)33-12-3-7(2-10(24)15(12)26)20-18(29)16(27)13-9(23)4-8(22)5-11(13)32-20/h2-6,14,17,19,21-26,28-30H,1H3. The maximum absolute atomic E-state index is 12.6. The first-order valence-corrected chi connectivity index (χ1v) is 9.64. The first-order chi connectivity index (χ1) is 15.5. The summed E-state index contributed by atoms with van der Waals surface area (Å²) in [5.41, 5.74) is -1.48. The third kappa shape index (κ3) is 3.74. The molecular weight excluding hydrogens is 444 g/mol. The topological polar surface area (TPSA) is 211 Å². The molecule has 5 atom stereocenters. The summed E-state index contributed by atoms with van der Waals surface area (Å²) in [6.45, 7) is 1.41. The van der Waals surface area contributed by atoms with Gasteiger partial charge in [0.25, 0.3) is 0 Å². The van der Waals surface area contributed by atoms with Crippen LogP contribution >= 0.6 is 0 Å². The van der Waals surface area contributed by atoms with Crippen molar-refractivity contribution in [2.45, 2.75) is 37.6 Å². The molecule has 1 aliphatic rings. The molecule has 5 unspecified atom stereocenters. The Kier molecular flexibility index (Phi) is 5.46.